The van der Waals surface area contributed by atoms with Crippen molar-refractivity contribution < 1.29 is 13.3 Å². The molecular formula is C11H16N2O3S. The average Bonchev–Trinajstić information content (AvgIpc) is 2.33. The topological polar surface area (TPSA) is 72.6 Å². The molecule has 1 aliphatic rings. The fraction of sp³-hybridized carbons (Fsp3) is 0.455. The Hall–Kier alpha value is -1.11. The van der Waals surface area contributed by atoms with E-state index in [0.717, 1.165) is 17.3 Å². The summed E-state index contributed by atoms with van der Waals surface area (Å²) in [5, 5.41) is 0. The number of nitrogen functional groups attached to an aromatic ring is 1. The number of rotatable bonds is 2. The van der Waals surface area contributed by atoms with Crippen molar-refractivity contribution in [2.45, 2.75) is 24.7 Å². The van der Waals surface area contributed by atoms with Crippen molar-refractivity contribution in [1.82, 2.24) is 4.47 Å². The van der Waals surface area contributed by atoms with Gasteiger partial charge < -0.3 is 5.73 Å². The lowest BCUT2D eigenvalue weighted by atomic mass is 10.2. The zero-order chi connectivity index (χ0) is 12.5. The first-order chi connectivity index (χ1) is 8.03. The van der Waals surface area contributed by atoms with Crippen LogP contribution in [0, 0.1) is 6.92 Å². The van der Waals surface area contributed by atoms with E-state index >= 15 is 0 Å². The van der Waals surface area contributed by atoms with E-state index in [4.69, 9.17) is 10.6 Å². The van der Waals surface area contributed by atoms with Gasteiger partial charge in [0.2, 0.25) is 0 Å². The lowest BCUT2D eigenvalue weighted by Crippen LogP contribution is -2.36. The largest absolute Gasteiger partial charge is 0.398 e. The molecule has 0 aromatic heterocycles. The van der Waals surface area contributed by atoms with Gasteiger partial charge in [-0.25, -0.2) is 8.42 Å². The summed E-state index contributed by atoms with van der Waals surface area (Å²) in [5.74, 6) is 0. The quantitative estimate of drug-likeness (QED) is 0.809. The summed E-state index contributed by atoms with van der Waals surface area (Å²) in [7, 11) is -3.58. The summed E-state index contributed by atoms with van der Waals surface area (Å²) < 4.78 is 25.7. The van der Waals surface area contributed by atoms with Crippen LogP contribution in [0.15, 0.2) is 23.1 Å². The Bertz CT molecular complexity index is 507. The molecule has 94 valence electrons. The highest BCUT2D eigenvalue weighted by Gasteiger charge is 2.28. The lowest BCUT2D eigenvalue weighted by molar-refractivity contribution is -0.108. The Balaban J connectivity index is 2.40. The molecule has 17 heavy (non-hydrogen) atoms. The van der Waals surface area contributed by atoms with Crippen LogP contribution in [0.2, 0.25) is 0 Å². The molecule has 0 radical (unpaired) electrons. The van der Waals surface area contributed by atoms with Crippen LogP contribution < -0.4 is 5.73 Å². The zero-order valence-electron chi connectivity index (χ0n) is 9.72. The van der Waals surface area contributed by atoms with E-state index in [1.165, 1.54) is 0 Å². The molecule has 1 aromatic rings. The Morgan fingerprint density at radius 3 is 2.76 bits per heavy atom. The molecule has 0 aliphatic carbocycles. The molecule has 1 fully saturated rings. The summed E-state index contributed by atoms with van der Waals surface area (Å²) in [5.41, 5.74) is 6.77. The number of hydrogen-bond donors (Lipinski definition) is 1. The first kappa shape index (κ1) is 12.3. The highest BCUT2D eigenvalue weighted by molar-refractivity contribution is 7.89. The van der Waals surface area contributed by atoms with Crippen LogP contribution in [-0.2, 0) is 14.9 Å². The zero-order valence-corrected chi connectivity index (χ0v) is 10.5. The van der Waals surface area contributed by atoms with Crippen molar-refractivity contribution in [3.63, 3.8) is 0 Å². The van der Waals surface area contributed by atoms with Gasteiger partial charge in [-0.3, -0.25) is 4.84 Å². The summed E-state index contributed by atoms with van der Waals surface area (Å²) in [6.45, 7) is 2.54. The van der Waals surface area contributed by atoms with Gasteiger partial charge in [0.05, 0.1) is 11.5 Å². The number of hydroxylamine groups is 1. The molecule has 1 heterocycles. The van der Waals surface area contributed by atoms with Crippen LogP contribution in [-0.4, -0.2) is 26.0 Å². The highest BCUT2D eigenvalue weighted by atomic mass is 32.2. The molecule has 0 saturated carbocycles. The van der Waals surface area contributed by atoms with Gasteiger partial charge >= 0.3 is 0 Å². The highest BCUT2D eigenvalue weighted by Crippen LogP contribution is 2.25. The third-order valence-electron chi connectivity index (χ3n) is 2.84. The van der Waals surface area contributed by atoms with Crippen molar-refractivity contribution >= 4 is 15.7 Å². The van der Waals surface area contributed by atoms with Crippen molar-refractivity contribution in [2.24, 2.45) is 0 Å². The molecule has 5 nitrogen and oxygen atoms in total. The molecular weight excluding hydrogens is 240 g/mol. The minimum absolute atomic E-state index is 0.222. The molecule has 1 aromatic carbocycles. The number of hydrogen-bond acceptors (Lipinski definition) is 4. The second-order valence-electron chi connectivity index (χ2n) is 4.04. The van der Waals surface area contributed by atoms with Crippen LogP contribution in [0.1, 0.15) is 18.4 Å². The molecule has 6 heteroatoms. The van der Waals surface area contributed by atoms with Crippen molar-refractivity contribution in [3.05, 3.63) is 23.8 Å². The predicted octanol–water partition coefficient (Wildman–Crippen LogP) is 1.29. The molecule has 0 amide bonds. The molecule has 0 atom stereocenters. The van der Waals surface area contributed by atoms with Gasteiger partial charge in [0.25, 0.3) is 10.0 Å². The fourth-order valence-corrected chi connectivity index (χ4v) is 3.34. The van der Waals surface area contributed by atoms with Crippen molar-refractivity contribution in [1.29, 1.82) is 0 Å². The Morgan fingerprint density at radius 2 is 2.12 bits per heavy atom. The summed E-state index contributed by atoms with van der Waals surface area (Å²) in [6.07, 6.45) is 1.71. The number of nitrogens with zero attached hydrogens (tertiary/aromatic N) is 1. The van der Waals surface area contributed by atoms with Gasteiger partial charge in [0.15, 0.2) is 0 Å². The van der Waals surface area contributed by atoms with E-state index < -0.39 is 10.0 Å². The molecule has 1 aliphatic heterocycles. The number of sulfonamides is 1. The normalized spacial score (nSPS) is 18.2. The van der Waals surface area contributed by atoms with Gasteiger partial charge in [-0.05, 0) is 37.5 Å². The predicted molar refractivity (Wildman–Crippen MR) is 64.7 cm³/mol. The van der Waals surface area contributed by atoms with Crippen LogP contribution in [0.3, 0.4) is 0 Å². The molecule has 0 spiro atoms. The molecule has 0 bridgehead atoms. The third kappa shape index (κ3) is 2.29. The van der Waals surface area contributed by atoms with Gasteiger partial charge in [0, 0.05) is 12.2 Å². The Kier molecular flexibility index (Phi) is 3.37. The first-order valence-electron chi connectivity index (χ1n) is 5.54. The molecule has 0 unspecified atom stereocenters. The van der Waals surface area contributed by atoms with E-state index in [1.807, 2.05) is 0 Å². The van der Waals surface area contributed by atoms with Crippen LogP contribution >= 0.6 is 0 Å². The number of benzene rings is 1. The standard InChI is InChI=1S/C11H16N2O3S/c1-9-10(12)5-4-6-11(9)17(14,15)13-7-2-3-8-16-13/h4-6H,2-3,7-8,12H2,1H3. The molecule has 1 saturated heterocycles. The van der Waals surface area contributed by atoms with Crippen LogP contribution in [0.25, 0.3) is 0 Å². The van der Waals surface area contributed by atoms with Crippen LogP contribution in [0.4, 0.5) is 5.69 Å². The maximum atomic E-state index is 12.3. The van der Waals surface area contributed by atoms with Crippen molar-refractivity contribution in [2.75, 3.05) is 18.9 Å². The smallest absolute Gasteiger partial charge is 0.265 e. The van der Waals surface area contributed by atoms with E-state index in [0.29, 0.717) is 24.4 Å². The first-order valence-corrected chi connectivity index (χ1v) is 6.98. The second kappa shape index (κ2) is 4.64. The third-order valence-corrected chi connectivity index (χ3v) is 4.66. The fourth-order valence-electron chi connectivity index (χ4n) is 1.78. The monoisotopic (exact) mass is 256 g/mol. The maximum absolute atomic E-state index is 12.3. The summed E-state index contributed by atoms with van der Waals surface area (Å²) in [6, 6.07) is 4.88. The lowest BCUT2D eigenvalue weighted by Gasteiger charge is -2.26. The van der Waals surface area contributed by atoms with Gasteiger partial charge in [-0.2, -0.15) is 0 Å². The average molecular weight is 256 g/mol. The summed E-state index contributed by atoms with van der Waals surface area (Å²) in [4.78, 5) is 5.42. The Labute approximate surface area is 101 Å². The summed E-state index contributed by atoms with van der Waals surface area (Å²) >= 11 is 0. The van der Waals surface area contributed by atoms with Gasteiger partial charge in [-0.1, -0.05) is 10.5 Å². The van der Waals surface area contributed by atoms with Gasteiger partial charge in [0.1, 0.15) is 0 Å². The van der Waals surface area contributed by atoms with Gasteiger partial charge in [-0.15, -0.1) is 0 Å². The van der Waals surface area contributed by atoms with E-state index in [1.54, 1.807) is 25.1 Å². The Morgan fingerprint density at radius 1 is 1.35 bits per heavy atom. The SMILES string of the molecule is Cc1c(N)cccc1S(=O)(=O)N1CCCCO1. The maximum Gasteiger partial charge on any atom is 0.265 e. The van der Waals surface area contributed by atoms with E-state index in [9.17, 15) is 8.42 Å². The van der Waals surface area contributed by atoms with Crippen molar-refractivity contribution in [3.8, 4) is 0 Å². The number of nitrogens with two attached hydrogens (primary N) is 1. The number of anilines is 1. The van der Waals surface area contributed by atoms with E-state index in [-0.39, 0.29) is 4.90 Å². The molecule has 2 rings (SSSR count). The molecule has 2 N–H and O–H groups in total. The van der Waals surface area contributed by atoms with Crippen LogP contribution in [0.5, 0.6) is 0 Å². The second-order valence-corrected chi connectivity index (χ2v) is 5.84. The van der Waals surface area contributed by atoms with E-state index in [2.05, 4.69) is 0 Å². The minimum atomic E-state index is -3.58. The minimum Gasteiger partial charge on any atom is -0.398 e.